The summed E-state index contributed by atoms with van der Waals surface area (Å²) < 4.78 is 0.787. The predicted molar refractivity (Wildman–Crippen MR) is 81.0 cm³/mol. The number of carbonyl (C=O) groups excluding carboxylic acids is 1. The highest BCUT2D eigenvalue weighted by molar-refractivity contribution is 8.01. The first-order valence-corrected chi connectivity index (χ1v) is 8.14. The molecule has 0 atom stereocenters. The summed E-state index contributed by atoms with van der Waals surface area (Å²) in [6, 6.07) is 0. The number of H-pyrrole nitrogens is 1. The maximum Gasteiger partial charge on any atom is 0.236 e. The van der Waals surface area contributed by atoms with Gasteiger partial charge in [-0.2, -0.15) is 4.98 Å². The average Bonchev–Trinajstić information content (AvgIpc) is 3.03. The number of carbonyl (C=O) groups is 1. The molecule has 11 heteroatoms. The third kappa shape index (κ3) is 4.51. The molecule has 2 rings (SSSR count). The zero-order valence-electron chi connectivity index (χ0n) is 10.2. The van der Waals surface area contributed by atoms with E-state index in [9.17, 15) is 4.79 Å². The standard InChI is InChI=1S/C9H11N7OS3/c1-2-3-18-9-16-15-8(20-9)11-5(17)4-19-7-12-6(10)13-14-7/h2H,1,3-4H2,(H,11,15,17)(H3,10,12,13,14). The van der Waals surface area contributed by atoms with Crippen molar-refractivity contribution in [1.29, 1.82) is 0 Å². The lowest BCUT2D eigenvalue weighted by Crippen LogP contribution is -2.13. The van der Waals surface area contributed by atoms with Crippen LogP contribution in [-0.2, 0) is 4.79 Å². The molecular formula is C9H11N7OS3. The van der Waals surface area contributed by atoms with Gasteiger partial charge in [-0.05, 0) is 0 Å². The van der Waals surface area contributed by atoms with E-state index in [-0.39, 0.29) is 17.6 Å². The summed E-state index contributed by atoms with van der Waals surface area (Å²) in [5, 5.41) is 17.7. The van der Waals surface area contributed by atoms with Crippen LogP contribution >= 0.6 is 34.9 Å². The zero-order valence-corrected chi connectivity index (χ0v) is 12.6. The van der Waals surface area contributed by atoms with Crippen LogP contribution in [0.25, 0.3) is 0 Å². The Morgan fingerprint density at radius 1 is 1.50 bits per heavy atom. The summed E-state index contributed by atoms with van der Waals surface area (Å²) in [6.07, 6.45) is 1.78. The molecule has 0 unspecified atom stereocenters. The van der Waals surface area contributed by atoms with E-state index in [4.69, 9.17) is 5.73 Å². The van der Waals surface area contributed by atoms with Crippen LogP contribution in [0.1, 0.15) is 0 Å². The second-order valence-electron chi connectivity index (χ2n) is 3.31. The van der Waals surface area contributed by atoms with Crippen LogP contribution in [-0.4, -0.2) is 42.8 Å². The molecule has 4 N–H and O–H groups in total. The predicted octanol–water partition coefficient (Wildman–Crippen LogP) is 1.25. The maximum atomic E-state index is 11.7. The molecule has 0 radical (unpaired) electrons. The van der Waals surface area contributed by atoms with Crippen molar-refractivity contribution in [3.8, 4) is 0 Å². The molecule has 1 amide bonds. The second-order valence-corrected chi connectivity index (χ2v) is 6.50. The van der Waals surface area contributed by atoms with Crippen molar-refractivity contribution >= 4 is 51.8 Å². The van der Waals surface area contributed by atoms with E-state index in [1.165, 1.54) is 34.9 Å². The summed E-state index contributed by atoms with van der Waals surface area (Å²) in [5.41, 5.74) is 5.38. The molecule has 0 spiro atoms. The number of nitrogens with two attached hydrogens (primary N) is 1. The van der Waals surface area contributed by atoms with Gasteiger partial charge in [0.15, 0.2) is 4.34 Å². The fraction of sp³-hybridized carbons (Fsp3) is 0.222. The number of aromatic nitrogens is 5. The lowest BCUT2D eigenvalue weighted by molar-refractivity contribution is -0.113. The minimum atomic E-state index is -0.199. The highest BCUT2D eigenvalue weighted by Crippen LogP contribution is 2.25. The normalized spacial score (nSPS) is 10.4. The summed E-state index contributed by atoms with van der Waals surface area (Å²) in [6.45, 7) is 3.63. The number of amides is 1. The molecule has 0 saturated heterocycles. The van der Waals surface area contributed by atoms with E-state index >= 15 is 0 Å². The number of nitrogens with one attached hydrogen (secondary N) is 2. The smallest absolute Gasteiger partial charge is 0.236 e. The zero-order chi connectivity index (χ0) is 14.4. The van der Waals surface area contributed by atoms with Crippen molar-refractivity contribution in [2.24, 2.45) is 0 Å². The first kappa shape index (κ1) is 14.8. The SMILES string of the molecule is C=CCSc1nnc(NC(=O)CSc2n[nH]c(N)n2)s1. The molecule has 0 saturated carbocycles. The molecule has 0 aromatic carbocycles. The molecule has 0 aliphatic heterocycles. The minimum Gasteiger partial charge on any atom is -0.368 e. The van der Waals surface area contributed by atoms with E-state index in [2.05, 4.69) is 37.3 Å². The van der Waals surface area contributed by atoms with Gasteiger partial charge in [0.05, 0.1) is 5.75 Å². The topological polar surface area (TPSA) is 122 Å². The molecule has 0 fully saturated rings. The molecule has 0 aliphatic rings. The van der Waals surface area contributed by atoms with Crippen LogP contribution in [0.5, 0.6) is 0 Å². The highest BCUT2D eigenvalue weighted by atomic mass is 32.2. The van der Waals surface area contributed by atoms with Crippen LogP contribution in [0.2, 0.25) is 0 Å². The lowest BCUT2D eigenvalue weighted by Gasteiger charge is -1.97. The van der Waals surface area contributed by atoms with Crippen molar-refractivity contribution in [1.82, 2.24) is 25.4 Å². The fourth-order valence-corrected chi connectivity index (χ4v) is 3.19. The van der Waals surface area contributed by atoms with Crippen molar-refractivity contribution < 1.29 is 4.79 Å². The first-order valence-electron chi connectivity index (χ1n) is 5.35. The van der Waals surface area contributed by atoms with Crippen molar-refractivity contribution in [2.45, 2.75) is 9.50 Å². The van der Waals surface area contributed by atoms with Gasteiger partial charge in [-0.15, -0.1) is 21.9 Å². The van der Waals surface area contributed by atoms with Crippen molar-refractivity contribution in [3.63, 3.8) is 0 Å². The molecule has 2 aromatic rings. The Kier molecular flexibility index (Phi) is 5.38. The number of rotatable bonds is 7. The monoisotopic (exact) mass is 329 g/mol. The van der Waals surface area contributed by atoms with Gasteiger partial charge in [-0.25, -0.2) is 5.10 Å². The van der Waals surface area contributed by atoms with Gasteiger partial charge in [-0.1, -0.05) is 40.9 Å². The van der Waals surface area contributed by atoms with E-state index in [0.29, 0.717) is 10.3 Å². The van der Waals surface area contributed by atoms with Crippen LogP contribution in [0.4, 0.5) is 11.1 Å². The Morgan fingerprint density at radius 2 is 2.35 bits per heavy atom. The number of anilines is 2. The van der Waals surface area contributed by atoms with Gasteiger partial charge in [-0.3, -0.25) is 10.1 Å². The van der Waals surface area contributed by atoms with Gasteiger partial charge in [0.25, 0.3) is 0 Å². The van der Waals surface area contributed by atoms with Crippen LogP contribution in [0.3, 0.4) is 0 Å². The third-order valence-electron chi connectivity index (χ3n) is 1.79. The summed E-state index contributed by atoms with van der Waals surface area (Å²) in [5.74, 6) is 0.951. The fourth-order valence-electron chi connectivity index (χ4n) is 1.06. The molecular weight excluding hydrogens is 318 g/mol. The molecule has 0 bridgehead atoms. The molecule has 0 aliphatic carbocycles. The number of hydrogen-bond donors (Lipinski definition) is 3. The van der Waals surface area contributed by atoms with Gasteiger partial charge < -0.3 is 5.73 Å². The summed E-state index contributed by atoms with van der Waals surface area (Å²) in [4.78, 5) is 15.6. The van der Waals surface area contributed by atoms with Crippen LogP contribution in [0, 0.1) is 0 Å². The van der Waals surface area contributed by atoms with E-state index in [1.54, 1.807) is 6.08 Å². The second kappa shape index (κ2) is 7.26. The first-order chi connectivity index (χ1) is 9.67. The van der Waals surface area contributed by atoms with Gasteiger partial charge in [0.1, 0.15) is 0 Å². The molecule has 8 nitrogen and oxygen atoms in total. The van der Waals surface area contributed by atoms with Crippen LogP contribution in [0.15, 0.2) is 22.2 Å². The number of nitrogens with zero attached hydrogens (tertiary/aromatic N) is 4. The Hall–Kier alpha value is -1.59. The number of thioether (sulfide) groups is 2. The quantitative estimate of drug-likeness (QED) is 0.394. The van der Waals surface area contributed by atoms with Crippen molar-refractivity contribution in [2.75, 3.05) is 22.6 Å². The van der Waals surface area contributed by atoms with Crippen molar-refractivity contribution in [3.05, 3.63) is 12.7 Å². The van der Waals surface area contributed by atoms with Gasteiger partial charge in [0.2, 0.25) is 22.1 Å². The van der Waals surface area contributed by atoms with Gasteiger partial charge in [0, 0.05) is 5.75 Å². The highest BCUT2D eigenvalue weighted by Gasteiger charge is 2.10. The van der Waals surface area contributed by atoms with E-state index < -0.39 is 0 Å². The number of aromatic amines is 1. The molecule has 2 heterocycles. The Bertz CT molecular complexity index is 596. The average molecular weight is 329 g/mol. The Morgan fingerprint density at radius 3 is 3.05 bits per heavy atom. The summed E-state index contributed by atoms with van der Waals surface area (Å²) >= 11 is 4.02. The Balaban J connectivity index is 1.79. The number of hydrogen-bond acceptors (Lipinski definition) is 9. The van der Waals surface area contributed by atoms with Crippen LogP contribution < -0.4 is 11.1 Å². The lowest BCUT2D eigenvalue weighted by atomic mass is 10.7. The minimum absolute atomic E-state index is 0.173. The molecule has 20 heavy (non-hydrogen) atoms. The molecule has 2 aromatic heterocycles. The van der Waals surface area contributed by atoms with E-state index in [0.717, 1.165) is 10.1 Å². The largest absolute Gasteiger partial charge is 0.368 e. The molecule has 106 valence electrons. The third-order valence-corrected chi connectivity index (χ3v) is 4.61. The van der Waals surface area contributed by atoms with E-state index in [1.807, 2.05) is 0 Å². The summed E-state index contributed by atoms with van der Waals surface area (Å²) in [7, 11) is 0. The van der Waals surface area contributed by atoms with Gasteiger partial charge >= 0.3 is 0 Å². The Labute approximate surface area is 127 Å². The maximum absolute atomic E-state index is 11.7. The number of nitrogen functional groups attached to an aromatic ring is 1.